The fourth-order valence-electron chi connectivity index (χ4n) is 0.960. The molecule has 0 unspecified atom stereocenters. The van der Waals surface area contributed by atoms with E-state index < -0.39 is 0 Å². The highest BCUT2D eigenvalue weighted by molar-refractivity contribution is 5.53. The lowest BCUT2D eigenvalue weighted by molar-refractivity contribution is 1.19. The number of aromatic nitrogens is 1. The third kappa shape index (κ3) is 12.8. The maximum atomic E-state index is 4.19. The van der Waals surface area contributed by atoms with Gasteiger partial charge in [-0.25, -0.2) is 0 Å². The Morgan fingerprint density at radius 2 is 1.47 bits per heavy atom. The van der Waals surface area contributed by atoms with Crippen LogP contribution in [0.1, 0.15) is 66.6 Å². The van der Waals surface area contributed by atoms with Gasteiger partial charge in [0.05, 0.1) is 0 Å². The molecule has 0 N–H and O–H groups in total. The maximum Gasteiger partial charge on any atom is 0.0444 e. The Morgan fingerprint density at radius 1 is 1.00 bits per heavy atom. The highest BCUT2D eigenvalue weighted by Gasteiger charge is 1.91. The maximum absolute atomic E-state index is 4.19. The fourth-order valence-corrected chi connectivity index (χ4v) is 0.960. The summed E-state index contributed by atoms with van der Waals surface area (Å²) in [4.78, 5) is 4.19. The van der Waals surface area contributed by atoms with Crippen LogP contribution in [0.15, 0.2) is 23.9 Å². The second-order valence-electron chi connectivity index (χ2n) is 2.90. The number of pyridine rings is 1. The number of allylic oxidation sites excluding steroid dienone is 1. The SMILES string of the molecule is CC.CC.CC.CC(C)=Cc1cccnc1C. The molecule has 0 bridgehead atoms. The van der Waals surface area contributed by atoms with E-state index in [4.69, 9.17) is 0 Å². The molecule has 0 aliphatic heterocycles. The Hall–Kier alpha value is -1.11. The lowest BCUT2D eigenvalue weighted by atomic mass is 10.1. The van der Waals surface area contributed by atoms with Gasteiger partial charge in [-0.2, -0.15) is 0 Å². The van der Waals surface area contributed by atoms with Crippen molar-refractivity contribution >= 4 is 6.08 Å². The van der Waals surface area contributed by atoms with Crippen molar-refractivity contribution in [1.82, 2.24) is 4.98 Å². The minimum atomic E-state index is 1.09. The molecule has 0 saturated carbocycles. The molecule has 0 amide bonds. The fraction of sp³-hybridized carbons (Fsp3) is 0.562. The number of rotatable bonds is 1. The quantitative estimate of drug-likeness (QED) is 0.593. The van der Waals surface area contributed by atoms with Crippen LogP contribution in [0, 0.1) is 6.92 Å². The molecule has 1 nitrogen and oxygen atoms in total. The van der Waals surface area contributed by atoms with Gasteiger partial charge in [-0.3, -0.25) is 4.98 Å². The molecule has 0 aliphatic rings. The number of hydrogen-bond donors (Lipinski definition) is 0. The Labute approximate surface area is 109 Å². The molecule has 17 heavy (non-hydrogen) atoms. The summed E-state index contributed by atoms with van der Waals surface area (Å²) >= 11 is 0. The molecular formula is C16H31N. The van der Waals surface area contributed by atoms with E-state index in [2.05, 4.69) is 31.0 Å². The number of aryl methyl sites for hydroxylation is 1. The topological polar surface area (TPSA) is 12.9 Å². The summed E-state index contributed by atoms with van der Waals surface area (Å²) in [5.41, 5.74) is 3.61. The summed E-state index contributed by atoms with van der Waals surface area (Å²) in [6.07, 6.45) is 3.96. The standard InChI is InChI=1S/C10H13N.3C2H6/c1-8(2)7-10-5-4-6-11-9(10)3;3*1-2/h4-7H,1-3H3;3*1-2H3. The van der Waals surface area contributed by atoms with Crippen LogP contribution in [-0.4, -0.2) is 4.98 Å². The van der Waals surface area contributed by atoms with Crippen LogP contribution in [0.2, 0.25) is 0 Å². The van der Waals surface area contributed by atoms with E-state index in [9.17, 15) is 0 Å². The second kappa shape index (κ2) is 17.3. The van der Waals surface area contributed by atoms with Crippen LogP contribution in [0.4, 0.5) is 0 Å². The van der Waals surface area contributed by atoms with E-state index in [1.54, 1.807) is 0 Å². The number of hydrogen-bond acceptors (Lipinski definition) is 1. The molecule has 0 atom stereocenters. The molecular weight excluding hydrogens is 206 g/mol. The zero-order valence-corrected chi connectivity index (χ0v) is 13.3. The molecule has 0 aromatic carbocycles. The van der Waals surface area contributed by atoms with E-state index in [-0.39, 0.29) is 0 Å². The van der Waals surface area contributed by atoms with Gasteiger partial charge in [0.2, 0.25) is 0 Å². The van der Waals surface area contributed by atoms with E-state index in [1.165, 1.54) is 11.1 Å². The average molecular weight is 237 g/mol. The van der Waals surface area contributed by atoms with Crippen LogP contribution >= 0.6 is 0 Å². The van der Waals surface area contributed by atoms with Crippen LogP contribution in [-0.2, 0) is 0 Å². The normalized spacial score (nSPS) is 7.12. The van der Waals surface area contributed by atoms with Gasteiger partial charge >= 0.3 is 0 Å². The number of nitrogens with zero attached hydrogens (tertiary/aromatic N) is 1. The first-order valence-electron chi connectivity index (χ1n) is 6.76. The highest BCUT2D eigenvalue weighted by Crippen LogP contribution is 2.08. The van der Waals surface area contributed by atoms with E-state index in [0.29, 0.717) is 0 Å². The van der Waals surface area contributed by atoms with Crippen molar-refractivity contribution < 1.29 is 0 Å². The Bertz CT molecular complexity index is 271. The first kappa shape index (κ1) is 21.2. The summed E-state index contributed by atoms with van der Waals surface area (Å²) in [7, 11) is 0. The Kier molecular flexibility index (Phi) is 21.6. The largest absolute Gasteiger partial charge is 0.261 e. The van der Waals surface area contributed by atoms with E-state index in [0.717, 1.165) is 5.69 Å². The molecule has 1 heteroatoms. The predicted octanol–water partition coefficient (Wildman–Crippen LogP) is 5.89. The third-order valence-electron chi connectivity index (χ3n) is 1.49. The third-order valence-corrected chi connectivity index (χ3v) is 1.49. The zero-order chi connectivity index (χ0) is 14.3. The Balaban J connectivity index is -0.000000285. The van der Waals surface area contributed by atoms with Crippen molar-refractivity contribution in [3.8, 4) is 0 Å². The van der Waals surface area contributed by atoms with Gasteiger partial charge in [-0.1, -0.05) is 59.3 Å². The summed E-state index contributed by atoms with van der Waals surface area (Å²) in [6, 6.07) is 4.04. The van der Waals surface area contributed by atoms with E-state index >= 15 is 0 Å². The first-order chi connectivity index (χ1) is 8.20. The lowest BCUT2D eigenvalue weighted by Gasteiger charge is -1.97. The first-order valence-corrected chi connectivity index (χ1v) is 6.76. The molecule has 1 aromatic heterocycles. The summed E-state index contributed by atoms with van der Waals surface area (Å²) in [6.45, 7) is 18.2. The second-order valence-corrected chi connectivity index (χ2v) is 2.90. The lowest BCUT2D eigenvalue weighted by Crippen LogP contribution is -1.83. The average Bonchev–Trinajstić information content (AvgIpc) is 2.39. The van der Waals surface area contributed by atoms with Crippen molar-refractivity contribution in [1.29, 1.82) is 0 Å². The monoisotopic (exact) mass is 237 g/mol. The minimum Gasteiger partial charge on any atom is -0.261 e. The van der Waals surface area contributed by atoms with Gasteiger partial charge < -0.3 is 0 Å². The predicted molar refractivity (Wildman–Crippen MR) is 82.3 cm³/mol. The van der Waals surface area contributed by atoms with Gasteiger partial charge in [0, 0.05) is 11.9 Å². The van der Waals surface area contributed by atoms with Crippen LogP contribution in [0.3, 0.4) is 0 Å². The van der Waals surface area contributed by atoms with Crippen LogP contribution in [0.5, 0.6) is 0 Å². The summed E-state index contributed by atoms with van der Waals surface area (Å²) in [5, 5.41) is 0. The molecule has 100 valence electrons. The molecule has 0 fully saturated rings. The summed E-state index contributed by atoms with van der Waals surface area (Å²) < 4.78 is 0. The van der Waals surface area contributed by atoms with Crippen LogP contribution < -0.4 is 0 Å². The van der Waals surface area contributed by atoms with Gasteiger partial charge in [0.15, 0.2) is 0 Å². The van der Waals surface area contributed by atoms with Crippen molar-refractivity contribution in [2.24, 2.45) is 0 Å². The molecule has 0 radical (unpaired) electrons. The molecule has 1 rings (SSSR count). The smallest absolute Gasteiger partial charge is 0.0444 e. The minimum absolute atomic E-state index is 1.09. The summed E-state index contributed by atoms with van der Waals surface area (Å²) in [5.74, 6) is 0. The van der Waals surface area contributed by atoms with Crippen molar-refractivity contribution in [3.63, 3.8) is 0 Å². The zero-order valence-electron chi connectivity index (χ0n) is 13.3. The van der Waals surface area contributed by atoms with Crippen molar-refractivity contribution in [2.75, 3.05) is 0 Å². The van der Waals surface area contributed by atoms with Crippen molar-refractivity contribution in [3.05, 3.63) is 35.2 Å². The highest BCUT2D eigenvalue weighted by atomic mass is 14.7. The molecule has 0 aliphatic carbocycles. The molecule has 0 spiro atoms. The van der Waals surface area contributed by atoms with Gasteiger partial charge in [-0.15, -0.1) is 0 Å². The van der Waals surface area contributed by atoms with Gasteiger partial charge in [0.1, 0.15) is 0 Å². The Morgan fingerprint density at radius 3 is 1.82 bits per heavy atom. The van der Waals surface area contributed by atoms with Gasteiger partial charge in [0.25, 0.3) is 0 Å². The molecule has 0 saturated heterocycles. The van der Waals surface area contributed by atoms with E-state index in [1.807, 2.05) is 60.7 Å². The molecule has 1 heterocycles. The molecule has 1 aromatic rings. The van der Waals surface area contributed by atoms with Crippen molar-refractivity contribution in [2.45, 2.75) is 62.3 Å². The van der Waals surface area contributed by atoms with Gasteiger partial charge in [-0.05, 0) is 32.4 Å². The van der Waals surface area contributed by atoms with Crippen LogP contribution in [0.25, 0.3) is 6.08 Å².